The Kier molecular flexibility index (Phi) is 4.00. The van der Waals surface area contributed by atoms with Crippen LogP contribution in [0.25, 0.3) is 0 Å². The van der Waals surface area contributed by atoms with Gasteiger partial charge >= 0.3 is 0 Å². The summed E-state index contributed by atoms with van der Waals surface area (Å²) in [6.07, 6.45) is 5.99. The maximum absolute atomic E-state index is 6.03. The summed E-state index contributed by atoms with van der Waals surface area (Å²) in [4.78, 5) is 2.38. The fourth-order valence-electron chi connectivity index (χ4n) is 2.12. The van der Waals surface area contributed by atoms with Crippen LogP contribution in [0, 0.1) is 0 Å². The summed E-state index contributed by atoms with van der Waals surface area (Å²) in [5.74, 6) is 0. The highest BCUT2D eigenvalue weighted by Gasteiger charge is 2.23. The molecule has 1 saturated carbocycles. The van der Waals surface area contributed by atoms with Gasteiger partial charge in [0.05, 0.1) is 12.2 Å². The van der Waals surface area contributed by atoms with Crippen LogP contribution in [0.3, 0.4) is 0 Å². The number of nitrogens with one attached hydrogen (secondary N) is 1. The van der Waals surface area contributed by atoms with Gasteiger partial charge in [0.2, 0.25) is 0 Å². The van der Waals surface area contributed by atoms with Crippen molar-refractivity contribution in [2.75, 3.05) is 26.7 Å². The summed E-state index contributed by atoms with van der Waals surface area (Å²) in [5.41, 5.74) is 0. The van der Waals surface area contributed by atoms with Gasteiger partial charge in [0.15, 0.2) is 0 Å². The molecular formula is C12H24N2O. The van der Waals surface area contributed by atoms with Crippen molar-refractivity contribution in [2.24, 2.45) is 0 Å². The highest BCUT2D eigenvalue weighted by molar-refractivity contribution is 4.81. The van der Waals surface area contributed by atoms with Crippen LogP contribution in [0.5, 0.6) is 0 Å². The van der Waals surface area contributed by atoms with E-state index >= 15 is 0 Å². The Labute approximate surface area is 93.2 Å². The molecule has 15 heavy (non-hydrogen) atoms. The molecule has 1 aliphatic carbocycles. The molecule has 1 saturated heterocycles. The van der Waals surface area contributed by atoms with E-state index in [0.717, 1.165) is 12.6 Å². The topological polar surface area (TPSA) is 24.5 Å². The Morgan fingerprint density at radius 2 is 1.93 bits per heavy atom. The highest BCUT2D eigenvalue weighted by atomic mass is 16.5. The molecule has 0 aromatic rings. The van der Waals surface area contributed by atoms with E-state index in [9.17, 15) is 0 Å². The third kappa shape index (κ3) is 4.09. The largest absolute Gasteiger partial charge is 0.374 e. The first kappa shape index (κ1) is 11.4. The zero-order chi connectivity index (χ0) is 10.7. The number of nitrogens with zero attached hydrogens (tertiary/aromatic N) is 1. The average Bonchev–Trinajstić information content (AvgIpc) is 3.02. The Bertz CT molecular complexity index is 186. The first-order chi connectivity index (χ1) is 7.24. The molecule has 3 heteroatoms. The van der Waals surface area contributed by atoms with Crippen LogP contribution in [0.1, 0.15) is 32.6 Å². The van der Waals surface area contributed by atoms with Crippen molar-refractivity contribution in [2.45, 2.75) is 50.9 Å². The summed E-state index contributed by atoms with van der Waals surface area (Å²) >= 11 is 0. The van der Waals surface area contributed by atoms with Gasteiger partial charge in [0.1, 0.15) is 0 Å². The maximum Gasteiger partial charge on any atom is 0.0675 e. The number of rotatable bonds is 5. The predicted molar refractivity (Wildman–Crippen MR) is 62.1 cm³/mol. The zero-order valence-electron chi connectivity index (χ0n) is 10.0. The van der Waals surface area contributed by atoms with Crippen LogP contribution < -0.4 is 5.32 Å². The van der Waals surface area contributed by atoms with Crippen molar-refractivity contribution in [3.63, 3.8) is 0 Å². The molecule has 1 heterocycles. The molecule has 1 aliphatic heterocycles. The van der Waals surface area contributed by atoms with E-state index in [-0.39, 0.29) is 0 Å². The number of ether oxygens (including phenoxy) is 1. The summed E-state index contributed by atoms with van der Waals surface area (Å²) in [5, 5.41) is 3.52. The Hall–Kier alpha value is -0.120. The van der Waals surface area contributed by atoms with E-state index in [0.29, 0.717) is 12.2 Å². The standard InChI is InChI=1S/C12H24N2O/c1-10(9-13-11-3-4-11)15-12-5-7-14(2)8-6-12/h10-13H,3-9H2,1-2H3. The molecule has 0 aromatic heterocycles. The lowest BCUT2D eigenvalue weighted by Crippen LogP contribution is -2.38. The van der Waals surface area contributed by atoms with Crippen LogP contribution in [-0.4, -0.2) is 49.8 Å². The Balaban J connectivity index is 1.58. The summed E-state index contributed by atoms with van der Waals surface area (Å²) in [6, 6.07) is 0.800. The lowest BCUT2D eigenvalue weighted by molar-refractivity contribution is -0.0305. The van der Waals surface area contributed by atoms with Gasteiger partial charge in [0, 0.05) is 25.7 Å². The van der Waals surface area contributed by atoms with E-state index in [1.165, 1.54) is 38.8 Å². The van der Waals surface area contributed by atoms with Gasteiger partial charge in [-0.2, -0.15) is 0 Å². The van der Waals surface area contributed by atoms with Crippen molar-refractivity contribution in [3.8, 4) is 0 Å². The molecular weight excluding hydrogens is 188 g/mol. The maximum atomic E-state index is 6.03. The van der Waals surface area contributed by atoms with Crippen molar-refractivity contribution in [3.05, 3.63) is 0 Å². The normalized spacial score (nSPS) is 26.8. The second-order valence-corrected chi connectivity index (χ2v) is 5.13. The summed E-state index contributed by atoms with van der Waals surface area (Å²) < 4.78 is 6.03. The summed E-state index contributed by atoms with van der Waals surface area (Å²) in [6.45, 7) is 5.59. The minimum Gasteiger partial charge on any atom is -0.374 e. The van der Waals surface area contributed by atoms with E-state index in [4.69, 9.17) is 4.74 Å². The average molecular weight is 212 g/mol. The fourth-order valence-corrected chi connectivity index (χ4v) is 2.12. The Morgan fingerprint density at radius 1 is 1.27 bits per heavy atom. The zero-order valence-corrected chi connectivity index (χ0v) is 10.0. The SMILES string of the molecule is CC(CNC1CC1)OC1CCN(C)CC1. The van der Waals surface area contributed by atoms with Crippen LogP contribution in [0.2, 0.25) is 0 Å². The minimum atomic E-state index is 0.374. The monoisotopic (exact) mass is 212 g/mol. The third-order valence-corrected chi connectivity index (χ3v) is 3.36. The first-order valence-corrected chi connectivity index (χ1v) is 6.31. The van der Waals surface area contributed by atoms with E-state index in [2.05, 4.69) is 24.2 Å². The second-order valence-electron chi connectivity index (χ2n) is 5.13. The highest BCUT2D eigenvalue weighted by Crippen LogP contribution is 2.19. The van der Waals surface area contributed by atoms with Crippen LogP contribution in [-0.2, 0) is 4.74 Å². The van der Waals surface area contributed by atoms with Crippen LogP contribution in [0.4, 0.5) is 0 Å². The number of likely N-dealkylation sites (tertiary alicyclic amines) is 1. The van der Waals surface area contributed by atoms with Crippen molar-refractivity contribution >= 4 is 0 Å². The number of hydrogen-bond donors (Lipinski definition) is 1. The molecule has 2 fully saturated rings. The molecule has 3 nitrogen and oxygen atoms in total. The van der Waals surface area contributed by atoms with Gasteiger partial charge in [-0.1, -0.05) is 0 Å². The molecule has 0 bridgehead atoms. The lowest BCUT2D eigenvalue weighted by Gasteiger charge is -2.31. The molecule has 2 aliphatic rings. The van der Waals surface area contributed by atoms with Crippen LogP contribution in [0.15, 0.2) is 0 Å². The van der Waals surface area contributed by atoms with Gasteiger partial charge in [0.25, 0.3) is 0 Å². The first-order valence-electron chi connectivity index (χ1n) is 6.31. The second kappa shape index (κ2) is 5.28. The van der Waals surface area contributed by atoms with E-state index < -0.39 is 0 Å². The van der Waals surface area contributed by atoms with Gasteiger partial charge in [-0.25, -0.2) is 0 Å². The van der Waals surface area contributed by atoms with Crippen molar-refractivity contribution in [1.82, 2.24) is 10.2 Å². The van der Waals surface area contributed by atoms with Crippen molar-refractivity contribution in [1.29, 1.82) is 0 Å². The number of hydrogen-bond acceptors (Lipinski definition) is 3. The molecule has 0 amide bonds. The molecule has 0 aromatic carbocycles. The quantitative estimate of drug-likeness (QED) is 0.742. The molecule has 1 atom stereocenters. The predicted octanol–water partition coefficient (Wildman–Crippen LogP) is 1.24. The minimum absolute atomic E-state index is 0.374. The molecule has 1 N–H and O–H groups in total. The van der Waals surface area contributed by atoms with Gasteiger partial charge in [-0.15, -0.1) is 0 Å². The van der Waals surface area contributed by atoms with Gasteiger partial charge < -0.3 is 15.0 Å². The third-order valence-electron chi connectivity index (χ3n) is 3.36. The lowest BCUT2D eigenvalue weighted by atomic mass is 10.1. The van der Waals surface area contributed by atoms with Crippen molar-refractivity contribution < 1.29 is 4.74 Å². The summed E-state index contributed by atoms with van der Waals surface area (Å²) in [7, 11) is 2.19. The fraction of sp³-hybridized carbons (Fsp3) is 1.00. The molecule has 1 unspecified atom stereocenters. The molecule has 2 rings (SSSR count). The Morgan fingerprint density at radius 3 is 2.53 bits per heavy atom. The van der Waals surface area contributed by atoms with Crippen LogP contribution >= 0.6 is 0 Å². The van der Waals surface area contributed by atoms with E-state index in [1.54, 1.807) is 0 Å². The van der Waals surface area contributed by atoms with E-state index in [1.807, 2.05) is 0 Å². The molecule has 0 spiro atoms. The van der Waals surface area contributed by atoms with Gasteiger partial charge in [-0.3, -0.25) is 0 Å². The van der Waals surface area contributed by atoms with Gasteiger partial charge in [-0.05, 0) is 39.7 Å². The molecule has 88 valence electrons. The number of piperidine rings is 1. The smallest absolute Gasteiger partial charge is 0.0675 e. The molecule has 0 radical (unpaired) electrons.